The van der Waals surface area contributed by atoms with Crippen molar-refractivity contribution in [2.24, 2.45) is 0 Å². The van der Waals surface area contributed by atoms with Gasteiger partial charge in [-0.15, -0.1) is 0 Å². The number of allylic oxidation sites excluding steroid dienone is 3. The third-order valence-electron chi connectivity index (χ3n) is 2.22. The molecule has 11 heavy (non-hydrogen) atoms. The van der Waals surface area contributed by atoms with Gasteiger partial charge in [0.25, 0.3) is 0 Å². The Kier molecular flexibility index (Phi) is 1.97. The van der Waals surface area contributed by atoms with Gasteiger partial charge in [0.2, 0.25) is 0 Å². The van der Waals surface area contributed by atoms with Gasteiger partial charge in [-0.3, -0.25) is 0 Å². The minimum atomic E-state index is 1.08. The van der Waals surface area contributed by atoms with Crippen LogP contribution in [-0.2, 0) is 0 Å². The van der Waals surface area contributed by atoms with Gasteiger partial charge >= 0.3 is 0 Å². The smallest absolute Gasteiger partial charge is 0.0359 e. The first-order valence-electron chi connectivity index (χ1n) is 4.32. The van der Waals surface area contributed by atoms with Crippen LogP contribution >= 0.6 is 0 Å². The van der Waals surface area contributed by atoms with E-state index in [9.17, 15) is 0 Å². The summed E-state index contributed by atoms with van der Waals surface area (Å²) in [5.41, 5.74) is 1.31. The maximum Gasteiger partial charge on any atom is 0.0359 e. The second-order valence-corrected chi connectivity index (χ2v) is 3.06. The van der Waals surface area contributed by atoms with Gasteiger partial charge in [-0.05, 0) is 18.9 Å². The van der Waals surface area contributed by atoms with E-state index in [0.717, 1.165) is 13.0 Å². The summed E-state index contributed by atoms with van der Waals surface area (Å²) < 4.78 is 0. The summed E-state index contributed by atoms with van der Waals surface area (Å²) in [6.07, 6.45) is 13.7. The van der Waals surface area contributed by atoms with Crippen molar-refractivity contribution in [2.75, 3.05) is 13.1 Å². The molecular weight excluding hydrogens is 134 g/mol. The molecule has 2 aliphatic heterocycles. The molecule has 0 aromatic heterocycles. The molecule has 1 saturated heterocycles. The molecule has 0 N–H and O–H groups in total. The highest BCUT2D eigenvalue weighted by atomic mass is 15.1. The van der Waals surface area contributed by atoms with E-state index in [0.29, 0.717) is 0 Å². The van der Waals surface area contributed by atoms with Crippen LogP contribution in [0.2, 0.25) is 0 Å². The summed E-state index contributed by atoms with van der Waals surface area (Å²) in [4.78, 5) is 2.40. The molecule has 0 atom stereocenters. The van der Waals surface area contributed by atoms with Crippen LogP contribution in [0.3, 0.4) is 0 Å². The molecule has 0 unspecified atom stereocenters. The Labute approximate surface area is 68.4 Å². The Morgan fingerprint density at radius 1 is 1.36 bits per heavy atom. The van der Waals surface area contributed by atoms with Crippen molar-refractivity contribution in [2.45, 2.75) is 19.3 Å². The number of fused-ring (bicyclic) bond motifs is 1. The fraction of sp³-hybridized carbons (Fsp3) is 0.500. The predicted octanol–water partition coefficient (Wildman–Crippen LogP) is 2.01. The van der Waals surface area contributed by atoms with Crippen molar-refractivity contribution in [1.82, 2.24) is 4.90 Å². The molecule has 2 radical (unpaired) electrons. The van der Waals surface area contributed by atoms with E-state index < -0.39 is 0 Å². The quantitative estimate of drug-likeness (QED) is 0.506. The van der Waals surface area contributed by atoms with Crippen LogP contribution in [0, 0.1) is 6.42 Å². The van der Waals surface area contributed by atoms with Crippen LogP contribution in [0.4, 0.5) is 0 Å². The van der Waals surface area contributed by atoms with Gasteiger partial charge in [0.15, 0.2) is 0 Å². The van der Waals surface area contributed by atoms with Crippen molar-refractivity contribution < 1.29 is 0 Å². The van der Waals surface area contributed by atoms with Gasteiger partial charge in [0, 0.05) is 25.2 Å². The highest BCUT2D eigenvalue weighted by Gasteiger charge is 2.13. The summed E-state index contributed by atoms with van der Waals surface area (Å²) in [6, 6.07) is 0. The van der Waals surface area contributed by atoms with E-state index in [1.54, 1.807) is 0 Å². The van der Waals surface area contributed by atoms with Gasteiger partial charge in [-0.2, -0.15) is 0 Å². The first kappa shape index (κ1) is 6.96. The number of rotatable bonds is 0. The Hall–Kier alpha value is -0.720. The molecule has 0 saturated carbocycles. The standard InChI is InChI=1S/C10H13N/c1-2-6-10-7-3-5-9-11(10)8-4-1/h3,5,7H,1-2,4,8-9H2. The fourth-order valence-corrected chi connectivity index (χ4v) is 1.58. The molecule has 0 spiro atoms. The molecule has 1 heteroatoms. The monoisotopic (exact) mass is 147 g/mol. The van der Waals surface area contributed by atoms with Crippen LogP contribution < -0.4 is 0 Å². The number of hydrogen-bond acceptors (Lipinski definition) is 1. The zero-order chi connectivity index (χ0) is 7.52. The number of nitrogens with zero attached hydrogens (tertiary/aromatic N) is 1. The van der Waals surface area contributed by atoms with E-state index in [1.807, 2.05) is 0 Å². The topological polar surface area (TPSA) is 3.24 Å². The van der Waals surface area contributed by atoms with Crippen LogP contribution in [0.25, 0.3) is 0 Å². The lowest BCUT2D eigenvalue weighted by molar-refractivity contribution is 0.386. The highest BCUT2D eigenvalue weighted by molar-refractivity contribution is 5.24. The third-order valence-corrected chi connectivity index (χ3v) is 2.22. The molecule has 0 aliphatic carbocycles. The van der Waals surface area contributed by atoms with Crippen LogP contribution in [0.5, 0.6) is 0 Å². The van der Waals surface area contributed by atoms with Gasteiger partial charge in [0.05, 0.1) is 0 Å². The Balaban J connectivity index is 2.11. The third kappa shape index (κ3) is 1.47. The van der Waals surface area contributed by atoms with Crippen molar-refractivity contribution in [1.29, 1.82) is 0 Å². The van der Waals surface area contributed by atoms with Crippen LogP contribution in [0.1, 0.15) is 19.3 Å². The van der Waals surface area contributed by atoms with Crippen molar-refractivity contribution in [3.63, 3.8) is 0 Å². The molecule has 2 heterocycles. The van der Waals surface area contributed by atoms with E-state index in [2.05, 4.69) is 29.5 Å². The normalized spacial score (nSPS) is 24.0. The Morgan fingerprint density at radius 3 is 3.36 bits per heavy atom. The average molecular weight is 147 g/mol. The second kappa shape index (κ2) is 3.12. The molecule has 0 amide bonds. The zero-order valence-electron chi connectivity index (χ0n) is 6.71. The average Bonchev–Trinajstić information content (AvgIpc) is 2.28. The molecule has 1 fully saturated rings. The minimum absolute atomic E-state index is 1.08. The van der Waals surface area contributed by atoms with Gasteiger partial charge in [-0.1, -0.05) is 18.6 Å². The Morgan fingerprint density at radius 2 is 2.36 bits per heavy atom. The van der Waals surface area contributed by atoms with Crippen molar-refractivity contribution >= 4 is 0 Å². The van der Waals surface area contributed by atoms with Gasteiger partial charge in [0.1, 0.15) is 0 Å². The fourth-order valence-electron chi connectivity index (χ4n) is 1.58. The summed E-state index contributed by atoms with van der Waals surface area (Å²) in [7, 11) is 0. The lowest BCUT2D eigenvalue weighted by Gasteiger charge is -2.25. The van der Waals surface area contributed by atoms with E-state index in [-0.39, 0.29) is 0 Å². The first-order valence-corrected chi connectivity index (χ1v) is 4.32. The molecule has 0 aromatic carbocycles. The zero-order valence-corrected chi connectivity index (χ0v) is 6.71. The molecule has 0 aromatic rings. The second-order valence-electron chi connectivity index (χ2n) is 3.06. The molecule has 2 aliphatic rings. The Bertz CT molecular complexity index is 191. The molecular formula is C10H13N. The van der Waals surface area contributed by atoms with E-state index in [4.69, 9.17) is 0 Å². The van der Waals surface area contributed by atoms with Crippen molar-refractivity contribution in [3.05, 3.63) is 30.3 Å². The summed E-state index contributed by atoms with van der Waals surface area (Å²) in [6.45, 7) is 2.29. The number of hydrogen-bond donors (Lipinski definition) is 0. The maximum absolute atomic E-state index is 3.42. The van der Waals surface area contributed by atoms with Crippen LogP contribution in [-0.4, -0.2) is 18.0 Å². The predicted molar refractivity (Wildman–Crippen MR) is 45.9 cm³/mol. The lowest BCUT2D eigenvalue weighted by atomic mass is 10.1. The lowest BCUT2D eigenvalue weighted by Crippen LogP contribution is -2.24. The molecule has 0 bridgehead atoms. The summed E-state index contributed by atoms with van der Waals surface area (Å²) in [5, 5.41) is 0. The van der Waals surface area contributed by atoms with E-state index in [1.165, 1.54) is 25.1 Å². The summed E-state index contributed by atoms with van der Waals surface area (Å²) in [5.74, 6) is 0. The van der Waals surface area contributed by atoms with Crippen LogP contribution in [0.15, 0.2) is 23.9 Å². The maximum atomic E-state index is 3.42. The molecule has 1 nitrogen and oxygen atoms in total. The first-order chi connectivity index (χ1) is 5.47. The van der Waals surface area contributed by atoms with E-state index >= 15 is 0 Å². The SMILES string of the molecule is [C]1CCCCN2CC=CC=C12. The summed E-state index contributed by atoms with van der Waals surface area (Å²) >= 11 is 0. The molecule has 58 valence electrons. The van der Waals surface area contributed by atoms with Crippen molar-refractivity contribution in [3.8, 4) is 0 Å². The van der Waals surface area contributed by atoms with Gasteiger partial charge < -0.3 is 4.90 Å². The van der Waals surface area contributed by atoms with Gasteiger partial charge in [-0.25, -0.2) is 0 Å². The minimum Gasteiger partial charge on any atom is -0.371 e. The largest absolute Gasteiger partial charge is 0.371 e. The highest BCUT2D eigenvalue weighted by Crippen LogP contribution is 2.20. The molecule has 2 rings (SSSR count).